The summed E-state index contributed by atoms with van der Waals surface area (Å²) in [5.41, 5.74) is 0.544. The summed E-state index contributed by atoms with van der Waals surface area (Å²) in [5, 5.41) is 12.1. The highest BCUT2D eigenvalue weighted by Gasteiger charge is 2.73. The van der Waals surface area contributed by atoms with Crippen molar-refractivity contribution >= 4 is 29.5 Å². The summed E-state index contributed by atoms with van der Waals surface area (Å²) in [7, 11) is 1.45. The van der Waals surface area contributed by atoms with Crippen molar-refractivity contribution in [2.24, 2.45) is 29.1 Å². The molecule has 1 saturated carbocycles. The fourth-order valence-corrected chi connectivity index (χ4v) is 8.78. The molecule has 3 heterocycles. The predicted molar refractivity (Wildman–Crippen MR) is 176 cm³/mol. The minimum atomic E-state index is -1.05. The maximum absolute atomic E-state index is 13.7. The Bertz CT molecular complexity index is 1610. The number of aliphatic hydroxyl groups excluding tert-OH is 1. The van der Waals surface area contributed by atoms with E-state index in [1.807, 2.05) is 52.0 Å². The van der Waals surface area contributed by atoms with Gasteiger partial charge < -0.3 is 33.8 Å². The summed E-state index contributed by atoms with van der Waals surface area (Å²) in [5.74, 6) is -3.08. The van der Waals surface area contributed by atoms with E-state index >= 15 is 0 Å². The Morgan fingerprint density at radius 3 is 2.65 bits per heavy atom. The zero-order chi connectivity index (χ0) is 34.5. The largest absolute Gasteiger partial charge is 0.456 e. The molecule has 6 rings (SSSR count). The Labute approximate surface area is 285 Å². The van der Waals surface area contributed by atoms with Crippen LogP contribution in [0.25, 0.3) is 0 Å². The van der Waals surface area contributed by atoms with Gasteiger partial charge in [0.15, 0.2) is 6.10 Å². The summed E-state index contributed by atoms with van der Waals surface area (Å²) in [6.07, 6.45) is 3.08. The Kier molecular flexibility index (Phi) is 9.41. The number of aromatic amines is 1. The molecule has 258 valence electrons. The minimum absolute atomic E-state index is 0.213. The van der Waals surface area contributed by atoms with Gasteiger partial charge in [0.1, 0.15) is 35.7 Å². The van der Waals surface area contributed by atoms with Gasteiger partial charge in [-0.25, -0.2) is 14.4 Å². The van der Waals surface area contributed by atoms with Gasteiger partial charge in [-0.05, 0) is 55.7 Å². The number of methoxy groups -OCH3 is 1. The Morgan fingerprint density at radius 2 is 1.96 bits per heavy atom. The van der Waals surface area contributed by atoms with Gasteiger partial charge in [0.25, 0.3) is 0 Å². The van der Waals surface area contributed by atoms with Crippen LogP contribution in [0.2, 0.25) is 0 Å². The standard InChI is InChI=1S/C37H44ClNO9/c1-19-15-20(2)37-25(17-27(44-6)35(43)46-29(19)22(4)45-33(41)24-10-7-9-23(16-24)18-38)12-13-36(5)31(37)28(40)21(3)30(32(36)48-37)47-34(42)26-11-8-14-39-26/h7-16,19,21-22,25,27-32,39-40H,17-18H2,1-6H3/b20-15+/t19-,21-,22-,25?,27+,28-,29+,30-,31-,32+,36-,37+/m1/s1. The minimum Gasteiger partial charge on any atom is -0.456 e. The third-order valence-electron chi connectivity index (χ3n) is 11.1. The van der Waals surface area contributed by atoms with Crippen LogP contribution in [-0.4, -0.2) is 77.3 Å². The first-order valence-electron chi connectivity index (χ1n) is 16.5. The monoisotopic (exact) mass is 681 g/mol. The average Bonchev–Trinajstić information content (AvgIpc) is 3.65. The molecule has 12 atom stereocenters. The van der Waals surface area contributed by atoms with Gasteiger partial charge in [-0.15, -0.1) is 11.6 Å². The van der Waals surface area contributed by atoms with Gasteiger partial charge >= 0.3 is 17.9 Å². The molecular formula is C37H44ClNO9. The summed E-state index contributed by atoms with van der Waals surface area (Å²) < 4.78 is 30.9. The first-order valence-corrected chi connectivity index (χ1v) is 17.1. The lowest BCUT2D eigenvalue weighted by atomic mass is 9.51. The van der Waals surface area contributed by atoms with Gasteiger partial charge in [-0.3, -0.25) is 0 Å². The Balaban J connectivity index is 1.36. The van der Waals surface area contributed by atoms with E-state index in [-0.39, 0.29) is 18.2 Å². The number of benzene rings is 1. The number of nitrogens with one attached hydrogen (secondary N) is 1. The number of alkyl halides is 1. The molecule has 10 nitrogen and oxygen atoms in total. The second-order valence-corrected chi connectivity index (χ2v) is 14.2. The maximum Gasteiger partial charge on any atom is 0.355 e. The summed E-state index contributed by atoms with van der Waals surface area (Å²) in [6.45, 7) is 9.48. The second kappa shape index (κ2) is 13.1. The van der Waals surface area contributed by atoms with Crippen LogP contribution in [0.1, 0.15) is 67.4 Å². The van der Waals surface area contributed by atoms with Gasteiger partial charge in [0.05, 0.1) is 11.7 Å². The van der Waals surface area contributed by atoms with Crippen molar-refractivity contribution in [3.63, 3.8) is 0 Å². The van der Waals surface area contributed by atoms with Crippen molar-refractivity contribution in [2.45, 2.75) is 89.1 Å². The number of aromatic nitrogens is 1. The first kappa shape index (κ1) is 34.4. The Hall–Kier alpha value is -3.44. The molecule has 1 saturated heterocycles. The fourth-order valence-electron chi connectivity index (χ4n) is 8.61. The van der Waals surface area contributed by atoms with Crippen molar-refractivity contribution in [2.75, 3.05) is 7.11 Å². The van der Waals surface area contributed by atoms with Crippen LogP contribution in [0.3, 0.4) is 0 Å². The lowest BCUT2D eigenvalue weighted by Gasteiger charge is -2.53. The lowest BCUT2D eigenvalue weighted by Crippen LogP contribution is -2.61. The number of carbonyl (C=O) groups excluding carboxylic acids is 3. The number of hydrogen-bond donors (Lipinski definition) is 2. The number of aliphatic hydroxyl groups is 1. The van der Waals surface area contributed by atoms with Crippen molar-refractivity contribution < 1.29 is 43.2 Å². The van der Waals surface area contributed by atoms with E-state index < -0.39 is 83.3 Å². The zero-order valence-corrected chi connectivity index (χ0v) is 28.8. The number of rotatable bonds is 7. The van der Waals surface area contributed by atoms with Gasteiger partial charge in [-0.1, -0.05) is 51.1 Å². The molecule has 48 heavy (non-hydrogen) atoms. The van der Waals surface area contributed by atoms with Crippen LogP contribution in [0.5, 0.6) is 0 Å². The van der Waals surface area contributed by atoms with E-state index in [2.05, 4.69) is 4.98 Å². The van der Waals surface area contributed by atoms with E-state index in [1.165, 1.54) is 7.11 Å². The summed E-state index contributed by atoms with van der Waals surface area (Å²) in [6, 6.07) is 10.2. The predicted octanol–water partition coefficient (Wildman–Crippen LogP) is 5.39. The first-order chi connectivity index (χ1) is 22.8. The van der Waals surface area contributed by atoms with Crippen LogP contribution in [0.15, 0.2) is 66.4 Å². The molecule has 0 amide bonds. The molecule has 1 aromatic carbocycles. The highest BCUT2D eigenvalue weighted by molar-refractivity contribution is 6.17. The SMILES string of the molecule is CO[C@H]1CC2C=C[C@]3(C)[C@H]4[C@H](O)[C@@H](C)[C@@H](OC(=O)c5ccc[nH]5)[C@@H]3O[C@@]24/C(C)=C/[C@@H](C)[C@@H]([C@@H](C)OC(=O)c2cccc(CCl)c2)OC1=O. The molecule has 2 N–H and O–H groups in total. The summed E-state index contributed by atoms with van der Waals surface area (Å²) in [4.78, 5) is 42.9. The van der Waals surface area contributed by atoms with Crippen LogP contribution in [-0.2, 0) is 34.4 Å². The van der Waals surface area contributed by atoms with Gasteiger partial charge in [-0.2, -0.15) is 0 Å². The molecule has 2 fully saturated rings. The van der Waals surface area contributed by atoms with E-state index in [9.17, 15) is 19.5 Å². The molecular weight excluding hydrogens is 638 g/mol. The van der Waals surface area contributed by atoms with Crippen LogP contribution < -0.4 is 0 Å². The topological polar surface area (TPSA) is 133 Å². The van der Waals surface area contributed by atoms with Gasteiger partial charge in [0, 0.05) is 48.3 Å². The van der Waals surface area contributed by atoms with Crippen molar-refractivity contribution in [1.82, 2.24) is 4.98 Å². The van der Waals surface area contributed by atoms with Crippen LogP contribution >= 0.6 is 11.6 Å². The maximum atomic E-state index is 13.7. The molecule has 4 aliphatic rings. The highest BCUT2D eigenvalue weighted by Crippen LogP contribution is 2.66. The molecule has 1 spiro atoms. The third-order valence-corrected chi connectivity index (χ3v) is 11.4. The smallest absolute Gasteiger partial charge is 0.355 e. The van der Waals surface area contributed by atoms with Crippen LogP contribution in [0.4, 0.5) is 0 Å². The number of ether oxygens (including phenoxy) is 5. The molecule has 2 aliphatic heterocycles. The van der Waals surface area contributed by atoms with Crippen molar-refractivity contribution in [3.05, 3.63) is 83.2 Å². The number of esters is 3. The van der Waals surface area contributed by atoms with E-state index in [0.29, 0.717) is 11.3 Å². The normalized spacial score (nSPS) is 39.0. The van der Waals surface area contributed by atoms with Crippen LogP contribution in [0, 0.1) is 29.1 Å². The molecule has 1 unspecified atom stereocenters. The number of H-pyrrole nitrogens is 1. The van der Waals surface area contributed by atoms with E-state index in [0.717, 1.165) is 11.1 Å². The highest BCUT2D eigenvalue weighted by atomic mass is 35.5. The number of hydrogen-bond acceptors (Lipinski definition) is 9. The van der Waals surface area contributed by atoms with E-state index in [4.69, 9.17) is 35.3 Å². The lowest BCUT2D eigenvalue weighted by molar-refractivity contribution is -0.172. The number of cyclic esters (lactones) is 1. The fraction of sp³-hybridized carbons (Fsp3) is 0.541. The average molecular weight is 682 g/mol. The molecule has 1 aromatic heterocycles. The number of carbonyl (C=O) groups is 3. The molecule has 0 radical (unpaired) electrons. The summed E-state index contributed by atoms with van der Waals surface area (Å²) >= 11 is 5.97. The van der Waals surface area contributed by atoms with E-state index in [1.54, 1.807) is 43.5 Å². The molecule has 4 bridgehead atoms. The molecule has 2 aromatic rings. The van der Waals surface area contributed by atoms with Gasteiger partial charge in [0.2, 0.25) is 0 Å². The molecule has 11 heteroatoms. The zero-order valence-electron chi connectivity index (χ0n) is 28.1. The second-order valence-electron chi connectivity index (χ2n) is 14.0. The Morgan fingerprint density at radius 1 is 1.19 bits per heavy atom. The number of halogens is 1. The van der Waals surface area contributed by atoms with Crippen molar-refractivity contribution in [1.29, 1.82) is 0 Å². The van der Waals surface area contributed by atoms with Crippen molar-refractivity contribution in [3.8, 4) is 0 Å². The molecule has 2 aliphatic carbocycles. The third kappa shape index (κ3) is 5.60. The quantitative estimate of drug-likeness (QED) is 0.171.